The Kier molecular flexibility index (Phi) is 5.43. The normalized spacial score (nSPS) is 21.0. The van der Waals surface area contributed by atoms with E-state index in [2.05, 4.69) is 14.7 Å². The lowest BCUT2D eigenvalue weighted by Crippen LogP contribution is -2.49. The smallest absolute Gasteiger partial charge is 0.152 e. The Morgan fingerprint density at radius 2 is 1.55 bits per heavy atom. The van der Waals surface area contributed by atoms with Crippen LogP contribution in [0.1, 0.15) is 10.4 Å². The van der Waals surface area contributed by atoms with Gasteiger partial charge in [0.1, 0.15) is 0 Å². The number of rotatable bonds is 5. The minimum Gasteiger partial charge on any atom is -0.379 e. The fourth-order valence-corrected chi connectivity index (χ4v) is 3.20. The number of carbonyl (C=O) groups excluding carboxylic acids is 1. The van der Waals surface area contributed by atoms with E-state index in [0.29, 0.717) is 0 Å². The van der Waals surface area contributed by atoms with Crippen LogP contribution in [0.3, 0.4) is 0 Å². The summed E-state index contributed by atoms with van der Waals surface area (Å²) in [5.74, 6) is 0. The van der Waals surface area contributed by atoms with Gasteiger partial charge in [0.15, 0.2) is 6.29 Å². The van der Waals surface area contributed by atoms with Gasteiger partial charge in [-0.05, 0) is 12.1 Å². The second-order valence-electron chi connectivity index (χ2n) is 5.96. The lowest BCUT2D eigenvalue weighted by atomic mass is 10.1. The van der Waals surface area contributed by atoms with Gasteiger partial charge in [0, 0.05) is 63.6 Å². The number of aldehydes is 1. The molecule has 0 radical (unpaired) electrons. The summed E-state index contributed by atoms with van der Waals surface area (Å²) < 4.78 is 5.39. The van der Waals surface area contributed by atoms with E-state index in [1.54, 1.807) is 0 Å². The van der Waals surface area contributed by atoms with Crippen LogP contribution < -0.4 is 4.90 Å². The molecule has 22 heavy (non-hydrogen) atoms. The number of anilines is 1. The predicted molar refractivity (Wildman–Crippen MR) is 87.7 cm³/mol. The Morgan fingerprint density at radius 1 is 0.909 bits per heavy atom. The Balaban J connectivity index is 1.46. The van der Waals surface area contributed by atoms with Crippen molar-refractivity contribution in [3.63, 3.8) is 0 Å². The van der Waals surface area contributed by atoms with Gasteiger partial charge >= 0.3 is 0 Å². The standard InChI is InChI=1S/C17H25N3O2/c21-15-16-3-1-2-4-17(16)20-9-7-18(8-10-20)5-6-19-11-13-22-14-12-19/h1-4,15H,5-14H2. The van der Waals surface area contributed by atoms with Gasteiger partial charge in [-0.3, -0.25) is 14.6 Å². The Hall–Kier alpha value is -1.43. The van der Waals surface area contributed by atoms with Gasteiger partial charge in [0.25, 0.3) is 0 Å². The van der Waals surface area contributed by atoms with Crippen LogP contribution in [0.4, 0.5) is 5.69 Å². The van der Waals surface area contributed by atoms with Crippen LogP contribution in [-0.2, 0) is 4.74 Å². The number of benzene rings is 1. The third-order valence-electron chi connectivity index (χ3n) is 4.61. The molecule has 0 amide bonds. The van der Waals surface area contributed by atoms with E-state index < -0.39 is 0 Å². The third kappa shape index (κ3) is 3.85. The quantitative estimate of drug-likeness (QED) is 0.757. The van der Waals surface area contributed by atoms with Gasteiger partial charge in [0.05, 0.1) is 13.2 Å². The fraction of sp³-hybridized carbons (Fsp3) is 0.588. The van der Waals surface area contributed by atoms with Crippen LogP contribution in [0.2, 0.25) is 0 Å². The van der Waals surface area contributed by atoms with Gasteiger partial charge in [-0.1, -0.05) is 12.1 Å². The largest absolute Gasteiger partial charge is 0.379 e. The van der Waals surface area contributed by atoms with Crippen molar-refractivity contribution in [2.45, 2.75) is 0 Å². The maximum absolute atomic E-state index is 11.2. The Labute approximate surface area is 132 Å². The van der Waals surface area contributed by atoms with Crippen molar-refractivity contribution in [3.05, 3.63) is 29.8 Å². The average molecular weight is 303 g/mol. The summed E-state index contributed by atoms with van der Waals surface area (Å²) in [6.07, 6.45) is 0.958. The predicted octanol–water partition coefficient (Wildman–Crippen LogP) is 0.953. The molecule has 2 aliphatic heterocycles. The first kappa shape index (κ1) is 15.5. The molecule has 0 N–H and O–H groups in total. The van der Waals surface area contributed by atoms with Gasteiger partial charge in [-0.2, -0.15) is 0 Å². The molecule has 0 atom stereocenters. The van der Waals surface area contributed by atoms with Crippen molar-refractivity contribution in [1.82, 2.24) is 9.80 Å². The van der Waals surface area contributed by atoms with Crippen molar-refractivity contribution >= 4 is 12.0 Å². The molecule has 0 spiro atoms. The van der Waals surface area contributed by atoms with E-state index in [9.17, 15) is 4.79 Å². The number of nitrogens with zero attached hydrogens (tertiary/aromatic N) is 3. The van der Waals surface area contributed by atoms with Crippen molar-refractivity contribution in [2.24, 2.45) is 0 Å². The first-order valence-corrected chi connectivity index (χ1v) is 8.18. The van der Waals surface area contributed by atoms with Crippen molar-refractivity contribution < 1.29 is 9.53 Å². The second kappa shape index (κ2) is 7.72. The highest BCUT2D eigenvalue weighted by atomic mass is 16.5. The minimum atomic E-state index is 0.796. The van der Waals surface area contributed by atoms with Crippen molar-refractivity contribution in [3.8, 4) is 0 Å². The van der Waals surface area contributed by atoms with E-state index in [1.807, 2.05) is 24.3 Å². The molecule has 1 aromatic rings. The first-order valence-electron chi connectivity index (χ1n) is 8.18. The average Bonchev–Trinajstić information content (AvgIpc) is 2.61. The zero-order valence-electron chi connectivity index (χ0n) is 13.1. The summed E-state index contributed by atoms with van der Waals surface area (Å²) >= 11 is 0. The van der Waals surface area contributed by atoms with E-state index in [-0.39, 0.29) is 0 Å². The summed E-state index contributed by atoms with van der Waals surface area (Å²) in [5.41, 5.74) is 1.87. The third-order valence-corrected chi connectivity index (χ3v) is 4.61. The minimum absolute atomic E-state index is 0.796. The van der Waals surface area contributed by atoms with Crippen LogP contribution in [0.25, 0.3) is 0 Å². The van der Waals surface area contributed by atoms with Crippen molar-refractivity contribution in [2.75, 3.05) is 70.5 Å². The summed E-state index contributed by atoms with van der Waals surface area (Å²) in [6, 6.07) is 7.87. The monoisotopic (exact) mass is 303 g/mol. The molecule has 1 aromatic carbocycles. The summed E-state index contributed by atoms with van der Waals surface area (Å²) in [4.78, 5) is 18.5. The van der Waals surface area contributed by atoms with Gasteiger partial charge in [-0.15, -0.1) is 0 Å². The highest BCUT2D eigenvalue weighted by Crippen LogP contribution is 2.20. The van der Waals surface area contributed by atoms with Crippen LogP contribution >= 0.6 is 0 Å². The second-order valence-corrected chi connectivity index (χ2v) is 5.96. The van der Waals surface area contributed by atoms with E-state index >= 15 is 0 Å². The maximum Gasteiger partial charge on any atom is 0.152 e. The summed E-state index contributed by atoms with van der Waals surface area (Å²) in [7, 11) is 0. The number of hydrogen-bond acceptors (Lipinski definition) is 5. The van der Waals surface area contributed by atoms with Gasteiger partial charge in [-0.25, -0.2) is 0 Å². The lowest BCUT2D eigenvalue weighted by molar-refractivity contribution is 0.0331. The number of hydrogen-bond donors (Lipinski definition) is 0. The molecule has 2 aliphatic rings. The Morgan fingerprint density at radius 3 is 2.23 bits per heavy atom. The van der Waals surface area contributed by atoms with Crippen LogP contribution in [0.5, 0.6) is 0 Å². The first-order chi connectivity index (χ1) is 10.9. The molecule has 2 heterocycles. The lowest BCUT2D eigenvalue weighted by Gasteiger charge is -2.37. The Bertz CT molecular complexity index is 481. The van der Waals surface area contributed by atoms with E-state index in [1.165, 1.54) is 0 Å². The van der Waals surface area contributed by atoms with Crippen LogP contribution in [0.15, 0.2) is 24.3 Å². The molecule has 2 saturated heterocycles. The highest BCUT2D eigenvalue weighted by molar-refractivity contribution is 5.84. The number of piperazine rings is 1. The molecule has 0 unspecified atom stereocenters. The van der Waals surface area contributed by atoms with Crippen LogP contribution in [0, 0.1) is 0 Å². The van der Waals surface area contributed by atoms with E-state index in [4.69, 9.17) is 4.74 Å². The number of morpholine rings is 1. The summed E-state index contributed by atoms with van der Waals surface area (Å²) in [6.45, 7) is 10.3. The fourth-order valence-electron chi connectivity index (χ4n) is 3.20. The zero-order valence-corrected chi connectivity index (χ0v) is 13.1. The van der Waals surface area contributed by atoms with Gasteiger partial charge < -0.3 is 9.64 Å². The maximum atomic E-state index is 11.2. The number of para-hydroxylation sites is 1. The molecule has 0 aromatic heterocycles. The van der Waals surface area contributed by atoms with Crippen LogP contribution in [-0.4, -0.2) is 81.7 Å². The molecular weight excluding hydrogens is 278 g/mol. The molecule has 5 heteroatoms. The highest BCUT2D eigenvalue weighted by Gasteiger charge is 2.19. The zero-order chi connectivity index (χ0) is 15.2. The molecule has 0 saturated carbocycles. The molecule has 0 bridgehead atoms. The molecular formula is C17H25N3O2. The molecule has 5 nitrogen and oxygen atoms in total. The molecule has 120 valence electrons. The van der Waals surface area contributed by atoms with Crippen molar-refractivity contribution in [1.29, 1.82) is 0 Å². The molecule has 3 rings (SSSR count). The molecule has 2 fully saturated rings. The van der Waals surface area contributed by atoms with E-state index in [0.717, 1.165) is 83.1 Å². The van der Waals surface area contributed by atoms with Gasteiger partial charge in [0.2, 0.25) is 0 Å². The molecule has 0 aliphatic carbocycles. The SMILES string of the molecule is O=Cc1ccccc1N1CCN(CCN2CCOCC2)CC1. The summed E-state index contributed by atoms with van der Waals surface area (Å²) in [5, 5.41) is 0. The number of ether oxygens (including phenoxy) is 1. The number of carbonyl (C=O) groups is 1. The topological polar surface area (TPSA) is 36.0 Å².